The molecule has 0 spiro atoms. The van der Waals surface area contributed by atoms with E-state index in [2.05, 4.69) is 29.4 Å². The van der Waals surface area contributed by atoms with Crippen molar-refractivity contribution in [1.29, 1.82) is 0 Å². The van der Waals surface area contributed by atoms with Crippen molar-refractivity contribution < 1.29 is 9.59 Å². The number of carbonyl (C=O) groups excluding carboxylic acids is 2. The Hall–Kier alpha value is -2.04. The van der Waals surface area contributed by atoms with E-state index in [9.17, 15) is 9.59 Å². The van der Waals surface area contributed by atoms with Gasteiger partial charge in [0.05, 0.1) is 0 Å². The third-order valence-corrected chi connectivity index (χ3v) is 5.56. The summed E-state index contributed by atoms with van der Waals surface area (Å²) in [6.07, 6.45) is 7.34. The zero-order valence-electron chi connectivity index (χ0n) is 16.0. The predicted molar refractivity (Wildman–Crippen MR) is 104 cm³/mol. The molecule has 1 aromatic carbocycles. The molecule has 1 aromatic rings. The Kier molecular flexibility index (Phi) is 6.17. The molecule has 2 atom stereocenters. The number of nitrogens with one attached hydrogen (secondary N) is 2. The average molecular weight is 357 g/mol. The van der Waals surface area contributed by atoms with E-state index in [4.69, 9.17) is 0 Å². The number of fused-ring (bicyclic) bond motifs is 1. The highest BCUT2D eigenvalue weighted by Gasteiger charge is 2.35. The van der Waals surface area contributed by atoms with Crippen molar-refractivity contribution in [2.24, 2.45) is 11.8 Å². The highest BCUT2D eigenvalue weighted by molar-refractivity contribution is 5.95. The minimum Gasteiger partial charge on any atom is -0.338 e. The lowest BCUT2D eigenvalue weighted by Crippen LogP contribution is -2.49. The average Bonchev–Trinajstić information content (AvgIpc) is 2.66. The molecule has 3 amide bonds. The van der Waals surface area contributed by atoms with Gasteiger partial charge >= 0.3 is 6.03 Å². The molecule has 1 heterocycles. The summed E-state index contributed by atoms with van der Waals surface area (Å²) < 4.78 is 0. The molecule has 142 valence electrons. The Morgan fingerprint density at radius 2 is 1.77 bits per heavy atom. The Labute approximate surface area is 156 Å². The van der Waals surface area contributed by atoms with Crippen molar-refractivity contribution >= 4 is 17.6 Å². The molecule has 1 aliphatic carbocycles. The van der Waals surface area contributed by atoms with Gasteiger partial charge in [-0.15, -0.1) is 0 Å². The zero-order valence-corrected chi connectivity index (χ0v) is 16.0. The van der Waals surface area contributed by atoms with E-state index in [1.165, 1.54) is 25.7 Å². The van der Waals surface area contributed by atoms with Gasteiger partial charge in [-0.1, -0.05) is 26.7 Å². The Morgan fingerprint density at radius 3 is 2.50 bits per heavy atom. The lowest BCUT2D eigenvalue weighted by atomic mass is 9.78. The largest absolute Gasteiger partial charge is 0.338 e. The van der Waals surface area contributed by atoms with Crippen molar-refractivity contribution in [2.75, 3.05) is 18.4 Å². The van der Waals surface area contributed by atoms with E-state index >= 15 is 0 Å². The minimum absolute atomic E-state index is 0.136. The first-order valence-corrected chi connectivity index (χ1v) is 10.0. The summed E-state index contributed by atoms with van der Waals surface area (Å²) in [5.41, 5.74) is 1.42. The summed E-state index contributed by atoms with van der Waals surface area (Å²) in [5.74, 6) is 1.23. The summed E-state index contributed by atoms with van der Waals surface area (Å²) in [6.45, 7) is 5.62. The van der Waals surface area contributed by atoms with Crippen LogP contribution in [0.15, 0.2) is 24.3 Å². The summed E-state index contributed by atoms with van der Waals surface area (Å²) >= 11 is 0. The fourth-order valence-corrected chi connectivity index (χ4v) is 4.21. The van der Waals surface area contributed by atoms with E-state index in [-0.39, 0.29) is 11.9 Å². The number of hydrogen-bond donors (Lipinski definition) is 2. The molecule has 2 N–H and O–H groups in total. The molecule has 1 saturated heterocycles. The molecule has 0 radical (unpaired) electrons. The van der Waals surface area contributed by atoms with Gasteiger partial charge < -0.3 is 15.5 Å². The SMILES string of the molecule is CC(C)CNC(=O)Nc1ccc(C(=O)N2CCCC3CCCC[C@@H]32)cc1. The molecular weight excluding hydrogens is 326 g/mol. The second-order valence-electron chi connectivity index (χ2n) is 8.06. The highest BCUT2D eigenvalue weighted by atomic mass is 16.2. The molecule has 0 aromatic heterocycles. The Balaban J connectivity index is 1.60. The number of likely N-dealkylation sites (tertiary alicyclic amines) is 1. The van der Waals surface area contributed by atoms with Crippen LogP contribution in [0.5, 0.6) is 0 Å². The molecule has 2 fully saturated rings. The predicted octanol–water partition coefficient (Wildman–Crippen LogP) is 4.26. The van der Waals surface area contributed by atoms with Crippen LogP contribution in [-0.2, 0) is 0 Å². The van der Waals surface area contributed by atoms with E-state index in [0.717, 1.165) is 19.4 Å². The fraction of sp³-hybridized carbons (Fsp3) is 0.619. The van der Waals surface area contributed by atoms with Crippen LogP contribution < -0.4 is 10.6 Å². The number of urea groups is 1. The van der Waals surface area contributed by atoms with Crippen LogP contribution in [0.2, 0.25) is 0 Å². The van der Waals surface area contributed by atoms with Crippen LogP contribution >= 0.6 is 0 Å². The van der Waals surface area contributed by atoms with Crippen molar-refractivity contribution in [1.82, 2.24) is 10.2 Å². The van der Waals surface area contributed by atoms with Gasteiger partial charge in [-0.05, 0) is 61.8 Å². The van der Waals surface area contributed by atoms with Gasteiger partial charge in [0.25, 0.3) is 5.91 Å². The van der Waals surface area contributed by atoms with Gasteiger partial charge in [0.15, 0.2) is 0 Å². The third-order valence-electron chi connectivity index (χ3n) is 5.56. The number of amides is 3. The normalized spacial score (nSPS) is 22.7. The smallest absolute Gasteiger partial charge is 0.319 e. The quantitative estimate of drug-likeness (QED) is 0.846. The second-order valence-corrected chi connectivity index (χ2v) is 8.06. The number of benzene rings is 1. The summed E-state index contributed by atoms with van der Waals surface area (Å²) in [4.78, 5) is 26.9. The summed E-state index contributed by atoms with van der Waals surface area (Å²) in [5, 5.41) is 5.64. The molecule has 1 saturated carbocycles. The maximum atomic E-state index is 13.0. The highest BCUT2D eigenvalue weighted by Crippen LogP contribution is 2.35. The fourth-order valence-electron chi connectivity index (χ4n) is 4.21. The Morgan fingerprint density at radius 1 is 1.08 bits per heavy atom. The second kappa shape index (κ2) is 8.56. The first kappa shape index (κ1) is 18.7. The first-order valence-electron chi connectivity index (χ1n) is 10.0. The Bertz CT molecular complexity index is 625. The lowest BCUT2D eigenvalue weighted by Gasteiger charge is -2.44. The number of hydrogen-bond acceptors (Lipinski definition) is 2. The number of rotatable bonds is 4. The van der Waals surface area contributed by atoms with Gasteiger partial charge in [0.2, 0.25) is 0 Å². The topological polar surface area (TPSA) is 61.4 Å². The molecule has 0 bridgehead atoms. The number of nitrogens with zero attached hydrogens (tertiary/aromatic N) is 1. The maximum absolute atomic E-state index is 13.0. The molecule has 2 aliphatic rings. The van der Waals surface area contributed by atoms with E-state index < -0.39 is 0 Å². The molecule has 26 heavy (non-hydrogen) atoms. The van der Waals surface area contributed by atoms with E-state index in [0.29, 0.717) is 35.7 Å². The van der Waals surface area contributed by atoms with Gasteiger partial charge in [-0.2, -0.15) is 0 Å². The molecule has 1 aliphatic heterocycles. The molecule has 1 unspecified atom stereocenters. The zero-order chi connectivity index (χ0) is 18.5. The standard InChI is InChI=1S/C21H31N3O2/c1-15(2)14-22-21(26)23-18-11-9-17(10-12-18)20(25)24-13-5-7-16-6-3-4-8-19(16)24/h9-12,15-16,19H,3-8,13-14H2,1-2H3,(H2,22,23,26)/t16?,19-/m0/s1. The van der Waals surface area contributed by atoms with E-state index in [1.807, 2.05) is 24.3 Å². The molecule has 5 heteroatoms. The van der Waals surface area contributed by atoms with Crippen LogP contribution in [0, 0.1) is 11.8 Å². The van der Waals surface area contributed by atoms with Crippen LogP contribution in [-0.4, -0.2) is 36.0 Å². The summed E-state index contributed by atoms with van der Waals surface area (Å²) in [7, 11) is 0. The maximum Gasteiger partial charge on any atom is 0.319 e. The minimum atomic E-state index is -0.209. The van der Waals surface area contributed by atoms with Crippen molar-refractivity contribution in [3.63, 3.8) is 0 Å². The number of anilines is 1. The molecule has 5 nitrogen and oxygen atoms in total. The van der Waals surface area contributed by atoms with Gasteiger partial charge in [0, 0.05) is 30.4 Å². The molecular formula is C21H31N3O2. The number of piperidine rings is 1. The summed E-state index contributed by atoms with van der Waals surface area (Å²) in [6, 6.07) is 7.48. The lowest BCUT2D eigenvalue weighted by molar-refractivity contribution is 0.0390. The first-order chi connectivity index (χ1) is 12.5. The van der Waals surface area contributed by atoms with Crippen LogP contribution in [0.3, 0.4) is 0 Å². The van der Waals surface area contributed by atoms with Gasteiger partial charge in [-0.3, -0.25) is 4.79 Å². The van der Waals surface area contributed by atoms with Crippen molar-refractivity contribution in [3.8, 4) is 0 Å². The van der Waals surface area contributed by atoms with Crippen LogP contribution in [0.25, 0.3) is 0 Å². The van der Waals surface area contributed by atoms with E-state index in [1.54, 1.807) is 0 Å². The van der Waals surface area contributed by atoms with Crippen molar-refractivity contribution in [2.45, 2.75) is 58.4 Å². The third kappa shape index (κ3) is 4.57. The number of carbonyl (C=O) groups is 2. The van der Waals surface area contributed by atoms with Gasteiger partial charge in [-0.25, -0.2) is 4.79 Å². The van der Waals surface area contributed by atoms with Crippen LogP contribution in [0.1, 0.15) is 62.7 Å². The molecule has 3 rings (SSSR count). The monoisotopic (exact) mass is 357 g/mol. The van der Waals surface area contributed by atoms with Gasteiger partial charge in [0.1, 0.15) is 0 Å². The van der Waals surface area contributed by atoms with Crippen LogP contribution in [0.4, 0.5) is 10.5 Å². The van der Waals surface area contributed by atoms with Crippen molar-refractivity contribution in [3.05, 3.63) is 29.8 Å².